The van der Waals surface area contributed by atoms with E-state index in [1.54, 1.807) is 0 Å². The van der Waals surface area contributed by atoms with Crippen molar-refractivity contribution in [3.05, 3.63) is 49.6 Å². The first kappa shape index (κ1) is 16.0. The SMILES string of the molecule is C=CC1CC2C=CC1C2[Si](Cl)(C(C)C)C1C2C=CC1C(C=C)C2. The molecular weight excluding hydrogens is 316 g/mol. The molecule has 4 rings (SSSR count). The van der Waals surface area contributed by atoms with E-state index < -0.39 is 7.38 Å². The number of halogens is 1. The number of hydrogen-bond acceptors (Lipinski definition) is 0. The molecule has 0 aromatic carbocycles. The van der Waals surface area contributed by atoms with Gasteiger partial charge in [-0.25, -0.2) is 0 Å². The second-order valence-electron chi connectivity index (χ2n) is 8.56. The molecule has 0 radical (unpaired) electrons. The van der Waals surface area contributed by atoms with Gasteiger partial charge in [-0.1, -0.05) is 50.3 Å². The summed E-state index contributed by atoms with van der Waals surface area (Å²) in [5.41, 5.74) is 2.05. The van der Waals surface area contributed by atoms with Gasteiger partial charge in [0.2, 0.25) is 0 Å². The molecule has 0 heterocycles. The van der Waals surface area contributed by atoms with Crippen LogP contribution in [0.25, 0.3) is 0 Å². The van der Waals surface area contributed by atoms with Crippen molar-refractivity contribution in [3.8, 4) is 0 Å². The summed E-state index contributed by atoms with van der Waals surface area (Å²) >= 11 is 7.78. The number of hydrogen-bond donors (Lipinski definition) is 0. The Hall–Kier alpha value is -0.533. The molecule has 0 aromatic rings. The average molecular weight is 345 g/mol. The van der Waals surface area contributed by atoms with Gasteiger partial charge in [0.1, 0.15) is 0 Å². The lowest BCUT2D eigenvalue weighted by Crippen LogP contribution is -2.46. The number of rotatable bonds is 5. The zero-order valence-electron chi connectivity index (χ0n) is 14.4. The smallest absolute Gasteiger partial charge is 0.166 e. The highest BCUT2D eigenvalue weighted by Gasteiger charge is 2.64. The maximum absolute atomic E-state index is 7.78. The molecule has 4 aliphatic rings. The molecule has 0 amide bonds. The van der Waals surface area contributed by atoms with Crippen molar-refractivity contribution < 1.29 is 0 Å². The fourth-order valence-electron chi connectivity index (χ4n) is 6.55. The average Bonchev–Trinajstić information content (AvgIpc) is 3.31. The summed E-state index contributed by atoms with van der Waals surface area (Å²) in [6.45, 7) is 13.0. The molecule has 0 N–H and O–H groups in total. The van der Waals surface area contributed by atoms with Crippen molar-refractivity contribution in [1.29, 1.82) is 0 Å². The predicted octanol–water partition coefficient (Wildman–Crippen LogP) is 6.34. The minimum absolute atomic E-state index is 0.626. The first-order chi connectivity index (χ1) is 11.0. The van der Waals surface area contributed by atoms with E-state index in [1.807, 2.05) is 0 Å². The van der Waals surface area contributed by atoms with Crippen molar-refractivity contribution in [1.82, 2.24) is 0 Å². The van der Waals surface area contributed by atoms with Crippen LogP contribution in [0.1, 0.15) is 26.7 Å². The molecule has 23 heavy (non-hydrogen) atoms. The molecule has 2 fully saturated rings. The van der Waals surface area contributed by atoms with E-state index in [2.05, 4.69) is 63.5 Å². The van der Waals surface area contributed by atoms with Crippen molar-refractivity contribution in [2.24, 2.45) is 35.5 Å². The van der Waals surface area contributed by atoms with Gasteiger partial charge in [0.25, 0.3) is 0 Å². The van der Waals surface area contributed by atoms with Crippen molar-refractivity contribution in [2.75, 3.05) is 0 Å². The topological polar surface area (TPSA) is 0 Å². The quantitative estimate of drug-likeness (QED) is 0.310. The highest BCUT2D eigenvalue weighted by atomic mass is 35.6. The van der Waals surface area contributed by atoms with Gasteiger partial charge >= 0.3 is 0 Å². The fourth-order valence-corrected chi connectivity index (χ4v) is 14.1. The van der Waals surface area contributed by atoms with Crippen LogP contribution in [0.3, 0.4) is 0 Å². The Labute approximate surface area is 147 Å². The van der Waals surface area contributed by atoms with Crippen LogP contribution in [0.2, 0.25) is 16.6 Å². The molecule has 0 spiro atoms. The molecule has 4 aliphatic carbocycles. The van der Waals surface area contributed by atoms with Gasteiger partial charge in [-0.2, -0.15) is 11.1 Å². The summed E-state index contributed by atoms with van der Waals surface area (Å²) < 4.78 is 0. The lowest BCUT2D eigenvalue weighted by atomic mass is 9.94. The van der Waals surface area contributed by atoms with Crippen LogP contribution in [0.15, 0.2) is 49.6 Å². The van der Waals surface area contributed by atoms with E-state index in [1.165, 1.54) is 12.8 Å². The Kier molecular flexibility index (Phi) is 3.81. The predicted molar refractivity (Wildman–Crippen MR) is 103 cm³/mol. The molecule has 0 aliphatic heterocycles. The Balaban J connectivity index is 1.72. The first-order valence-electron chi connectivity index (χ1n) is 9.33. The van der Waals surface area contributed by atoms with Crippen molar-refractivity contribution in [2.45, 2.75) is 43.3 Å². The van der Waals surface area contributed by atoms with E-state index in [9.17, 15) is 0 Å². The summed E-state index contributed by atoms with van der Waals surface area (Å²) in [5.74, 6) is 4.04. The molecule has 2 saturated carbocycles. The third-order valence-electron chi connectivity index (χ3n) is 7.50. The van der Waals surface area contributed by atoms with Crippen molar-refractivity contribution >= 4 is 18.5 Å². The molecule has 8 atom stereocenters. The van der Waals surface area contributed by atoms with E-state index >= 15 is 0 Å². The van der Waals surface area contributed by atoms with Gasteiger partial charge in [-0.3, -0.25) is 0 Å². The van der Waals surface area contributed by atoms with Gasteiger partial charge in [0.05, 0.1) is 0 Å². The Morgan fingerprint density at radius 1 is 0.913 bits per heavy atom. The van der Waals surface area contributed by atoms with Gasteiger partial charge in [0, 0.05) is 0 Å². The molecule has 0 aromatic heterocycles. The molecule has 0 nitrogen and oxygen atoms in total. The first-order valence-corrected chi connectivity index (χ1v) is 12.6. The lowest BCUT2D eigenvalue weighted by Gasteiger charge is -2.44. The second kappa shape index (κ2) is 5.49. The summed E-state index contributed by atoms with van der Waals surface area (Å²) in [7, 11) is -1.95. The Morgan fingerprint density at radius 2 is 1.35 bits per heavy atom. The summed E-state index contributed by atoms with van der Waals surface area (Å²) in [6, 6.07) is 0. The Bertz CT molecular complexity index is 530. The van der Waals surface area contributed by atoms with Gasteiger partial charge < -0.3 is 0 Å². The van der Waals surface area contributed by atoms with Crippen LogP contribution in [0, 0.1) is 35.5 Å². The van der Waals surface area contributed by atoms with Gasteiger partial charge in [-0.15, -0.1) is 13.2 Å². The molecule has 4 bridgehead atoms. The van der Waals surface area contributed by atoms with Crippen LogP contribution in [0.4, 0.5) is 0 Å². The third-order valence-corrected chi connectivity index (χ3v) is 15.8. The van der Waals surface area contributed by atoms with Crippen LogP contribution < -0.4 is 0 Å². The maximum Gasteiger partial charge on any atom is 0.167 e. The van der Waals surface area contributed by atoms with E-state index in [-0.39, 0.29) is 0 Å². The van der Waals surface area contributed by atoms with E-state index in [0.717, 1.165) is 0 Å². The highest BCUT2D eigenvalue weighted by molar-refractivity contribution is 7.22. The highest BCUT2D eigenvalue weighted by Crippen LogP contribution is 2.69. The Morgan fingerprint density at radius 3 is 1.65 bits per heavy atom. The molecule has 124 valence electrons. The summed E-state index contributed by atoms with van der Waals surface area (Å²) in [5, 5.41) is 0. The maximum atomic E-state index is 7.78. The molecular formula is C21H29ClSi. The normalized spacial score (nSPS) is 49.0. The largest absolute Gasteiger partial charge is 0.167 e. The monoisotopic (exact) mass is 344 g/mol. The van der Waals surface area contributed by atoms with Crippen LogP contribution >= 0.6 is 11.1 Å². The summed E-state index contributed by atoms with van der Waals surface area (Å²) in [4.78, 5) is 0. The van der Waals surface area contributed by atoms with Crippen LogP contribution in [0.5, 0.6) is 0 Å². The zero-order valence-corrected chi connectivity index (χ0v) is 16.1. The third kappa shape index (κ3) is 2.02. The van der Waals surface area contributed by atoms with Crippen LogP contribution in [-0.2, 0) is 0 Å². The molecule has 0 saturated heterocycles. The van der Waals surface area contributed by atoms with Crippen molar-refractivity contribution in [3.63, 3.8) is 0 Å². The van der Waals surface area contributed by atoms with Gasteiger partial charge in [0.15, 0.2) is 7.38 Å². The minimum atomic E-state index is -1.95. The zero-order chi connectivity index (χ0) is 16.4. The number of fused-ring (bicyclic) bond motifs is 4. The van der Waals surface area contributed by atoms with Gasteiger partial charge in [-0.05, 0) is 65.0 Å². The standard InChI is InChI=1S/C21H29ClSi/c1-5-14-11-16-7-9-18(14)20(16)23(22,13(3)4)21-17-8-10-19(21)15(6-2)12-17/h5-10,13-21H,1-2,11-12H2,3-4H3. The summed E-state index contributed by atoms with van der Waals surface area (Å²) in [6.07, 6.45) is 16.9. The van der Waals surface area contributed by atoms with Crippen LogP contribution in [-0.4, -0.2) is 7.38 Å². The molecule has 2 heteroatoms. The van der Waals surface area contributed by atoms with E-state index in [0.29, 0.717) is 52.1 Å². The van der Waals surface area contributed by atoms with E-state index in [4.69, 9.17) is 11.1 Å². The molecule has 8 unspecified atom stereocenters. The minimum Gasteiger partial charge on any atom is -0.166 e. The second-order valence-corrected chi connectivity index (χ2v) is 14.7. The lowest BCUT2D eigenvalue weighted by molar-refractivity contribution is 0.528. The fraction of sp³-hybridized carbons (Fsp3) is 0.619. The number of allylic oxidation sites excluding steroid dienone is 6.